The topological polar surface area (TPSA) is 64.3 Å². The third kappa shape index (κ3) is 4.24. The van der Waals surface area contributed by atoms with Crippen molar-refractivity contribution >= 4 is 5.91 Å². The standard InChI is InChI=1S/C15H24N2O2/c1-10-7-12(3)13(14(8-10)19-4)9-17-15(18)11(2)5-6-16/h7-8,11H,5-6,9,16H2,1-4H3,(H,17,18). The number of carbonyl (C=O) groups is 1. The fraction of sp³-hybridized carbons (Fsp3) is 0.533. The molecule has 0 spiro atoms. The molecule has 106 valence electrons. The van der Waals surface area contributed by atoms with Crippen LogP contribution in [0, 0.1) is 19.8 Å². The highest BCUT2D eigenvalue weighted by Gasteiger charge is 2.13. The summed E-state index contributed by atoms with van der Waals surface area (Å²) in [5, 5.41) is 2.94. The summed E-state index contributed by atoms with van der Waals surface area (Å²) in [7, 11) is 1.65. The molecular weight excluding hydrogens is 240 g/mol. The molecule has 0 aromatic heterocycles. The maximum Gasteiger partial charge on any atom is 0.223 e. The monoisotopic (exact) mass is 264 g/mol. The van der Waals surface area contributed by atoms with Crippen molar-refractivity contribution in [2.75, 3.05) is 13.7 Å². The largest absolute Gasteiger partial charge is 0.496 e. The molecule has 1 amide bonds. The van der Waals surface area contributed by atoms with Crippen LogP contribution in [0.5, 0.6) is 5.75 Å². The van der Waals surface area contributed by atoms with Crippen molar-refractivity contribution in [2.24, 2.45) is 11.7 Å². The Balaban J connectivity index is 2.75. The fourth-order valence-corrected chi connectivity index (χ4v) is 2.10. The zero-order valence-electron chi connectivity index (χ0n) is 12.2. The first-order valence-electron chi connectivity index (χ1n) is 6.61. The van der Waals surface area contributed by atoms with Gasteiger partial charge in [0.25, 0.3) is 0 Å². The van der Waals surface area contributed by atoms with Crippen molar-refractivity contribution < 1.29 is 9.53 Å². The van der Waals surface area contributed by atoms with Gasteiger partial charge in [-0.2, -0.15) is 0 Å². The fourth-order valence-electron chi connectivity index (χ4n) is 2.10. The van der Waals surface area contributed by atoms with Crippen LogP contribution in [0.3, 0.4) is 0 Å². The maximum absolute atomic E-state index is 11.9. The van der Waals surface area contributed by atoms with E-state index >= 15 is 0 Å². The zero-order chi connectivity index (χ0) is 14.4. The molecule has 1 aromatic rings. The molecule has 0 aliphatic rings. The third-order valence-corrected chi connectivity index (χ3v) is 3.28. The lowest BCUT2D eigenvalue weighted by atomic mass is 10.0. The zero-order valence-corrected chi connectivity index (χ0v) is 12.2. The number of ether oxygens (including phenoxy) is 1. The minimum Gasteiger partial charge on any atom is -0.496 e. The van der Waals surface area contributed by atoms with Crippen LogP contribution in [0.4, 0.5) is 0 Å². The summed E-state index contributed by atoms with van der Waals surface area (Å²) < 4.78 is 5.38. The summed E-state index contributed by atoms with van der Waals surface area (Å²) in [5.41, 5.74) is 8.77. The van der Waals surface area contributed by atoms with Crippen LogP contribution < -0.4 is 15.8 Å². The highest BCUT2D eigenvalue weighted by molar-refractivity contribution is 5.78. The summed E-state index contributed by atoms with van der Waals surface area (Å²) in [5.74, 6) is 0.804. The summed E-state index contributed by atoms with van der Waals surface area (Å²) in [4.78, 5) is 11.9. The van der Waals surface area contributed by atoms with Crippen molar-refractivity contribution in [3.63, 3.8) is 0 Å². The lowest BCUT2D eigenvalue weighted by Gasteiger charge is -2.15. The number of carbonyl (C=O) groups excluding carboxylic acids is 1. The molecule has 0 heterocycles. The molecule has 0 saturated heterocycles. The number of benzene rings is 1. The highest BCUT2D eigenvalue weighted by atomic mass is 16.5. The average Bonchev–Trinajstić information content (AvgIpc) is 2.36. The lowest BCUT2D eigenvalue weighted by Crippen LogP contribution is -2.30. The number of methoxy groups -OCH3 is 1. The Morgan fingerprint density at radius 2 is 2.11 bits per heavy atom. The second kappa shape index (κ2) is 7.14. The average molecular weight is 264 g/mol. The number of nitrogens with one attached hydrogen (secondary N) is 1. The first-order chi connectivity index (χ1) is 8.99. The first-order valence-corrected chi connectivity index (χ1v) is 6.61. The van der Waals surface area contributed by atoms with E-state index < -0.39 is 0 Å². The van der Waals surface area contributed by atoms with Crippen LogP contribution in [-0.2, 0) is 11.3 Å². The molecule has 0 radical (unpaired) electrons. The molecule has 3 N–H and O–H groups in total. The van der Waals surface area contributed by atoms with E-state index in [1.807, 2.05) is 26.8 Å². The van der Waals surface area contributed by atoms with Gasteiger partial charge in [-0.15, -0.1) is 0 Å². The quantitative estimate of drug-likeness (QED) is 0.825. The number of rotatable bonds is 6. The third-order valence-electron chi connectivity index (χ3n) is 3.28. The normalized spacial score (nSPS) is 12.1. The van der Waals surface area contributed by atoms with Crippen LogP contribution in [0.15, 0.2) is 12.1 Å². The van der Waals surface area contributed by atoms with Gasteiger partial charge in [0.15, 0.2) is 0 Å². The molecule has 4 nitrogen and oxygen atoms in total. The van der Waals surface area contributed by atoms with E-state index in [1.54, 1.807) is 7.11 Å². The van der Waals surface area contributed by atoms with Gasteiger partial charge in [-0.1, -0.05) is 13.0 Å². The van der Waals surface area contributed by atoms with E-state index in [1.165, 1.54) is 0 Å². The van der Waals surface area contributed by atoms with Gasteiger partial charge in [0, 0.05) is 18.0 Å². The van der Waals surface area contributed by atoms with Crippen LogP contribution in [0.1, 0.15) is 30.0 Å². The summed E-state index contributed by atoms with van der Waals surface area (Å²) in [6, 6.07) is 4.07. The minimum absolute atomic E-state index is 0.0347. The molecule has 1 aromatic carbocycles. The predicted molar refractivity (Wildman–Crippen MR) is 77.2 cm³/mol. The van der Waals surface area contributed by atoms with Crippen molar-refractivity contribution in [1.29, 1.82) is 0 Å². The molecule has 0 bridgehead atoms. The first kappa shape index (κ1) is 15.5. The minimum atomic E-state index is -0.0539. The second-order valence-electron chi connectivity index (χ2n) is 4.96. The number of amides is 1. The van der Waals surface area contributed by atoms with E-state index in [9.17, 15) is 4.79 Å². The molecule has 0 aliphatic carbocycles. The molecule has 0 aliphatic heterocycles. The van der Waals surface area contributed by atoms with Crippen LogP contribution in [0.25, 0.3) is 0 Å². The Morgan fingerprint density at radius 1 is 1.42 bits per heavy atom. The van der Waals surface area contributed by atoms with Gasteiger partial charge in [0.1, 0.15) is 5.75 Å². The molecule has 4 heteroatoms. The molecule has 0 fully saturated rings. The molecule has 1 atom stereocenters. The lowest BCUT2D eigenvalue weighted by molar-refractivity contribution is -0.124. The Bertz CT molecular complexity index is 444. The Labute approximate surface area is 115 Å². The van der Waals surface area contributed by atoms with Crippen molar-refractivity contribution in [1.82, 2.24) is 5.32 Å². The molecule has 19 heavy (non-hydrogen) atoms. The summed E-state index contributed by atoms with van der Waals surface area (Å²) in [6.45, 7) is 6.97. The van der Waals surface area contributed by atoms with Gasteiger partial charge in [0.05, 0.1) is 7.11 Å². The van der Waals surface area contributed by atoms with E-state index in [2.05, 4.69) is 11.4 Å². The van der Waals surface area contributed by atoms with Gasteiger partial charge >= 0.3 is 0 Å². The van der Waals surface area contributed by atoms with Crippen LogP contribution in [-0.4, -0.2) is 19.6 Å². The number of hydrogen-bond donors (Lipinski definition) is 2. The van der Waals surface area contributed by atoms with Crippen molar-refractivity contribution in [3.05, 3.63) is 28.8 Å². The smallest absolute Gasteiger partial charge is 0.223 e. The Kier molecular flexibility index (Phi) is 5.83. The van der Waals surface area contributed by atoms with Crippen LogP contribution >= 0.6 is 0 Å². The number of hydrogen-bond acceptors (Lipinski definition) is 3. The van der Waals surface area contributed by atoms with E-state index in [0.29, 0.717) is 19.5 Å². The van der Waals surface area contributed by atoms with E-state index in [4.69, 9.17) is 10.5 Å². The van der Waals surface area contributed by atoms with Crippen LogP contribution in [0.2, 0.25) is 0 Å². The van der Waals surface area contributed by atoms with Gasteiger partial charge in [-0.3, -0.25) is 4.79 Å². The number of aryl methyl sites for hydroxylation is 2. The van der Waals surface area contributed by atoms with E-state index in [0.717, 1.165) is 22.4 Å². The highest BCUT2D eigenvalue weighted by Crippen LogP contribution is 2.24. The summed E-state index contributed by atoms with van der Waals surface area (Å²) >= 11 is 0. The predicted octanol–water partition coefficient (Wildman–Crippen LogP) is 1.91. The molecular formula is C15H24N2O2. The summed E-state index contributed by atoms with van der Waals surface area (Å²) in [6.07, 6.45) is 0.704. The van der Waals surface area contributed by atoms with Gasteiger partial charge in [-0.05, 0) is 44.0 Å². The number of nitrogens with two attached hydrogens (primary N) is 1. The SMILES string of the molecule is COc1cc(C)cc(C)c1CNC(=O)C(C)CCN. The Morgan fingerprint density at radius 3 is 2.68 bits per heavy atom. The van der Waals surface area contributed by atoms with E-state index in [-0.39, 0.29) is 11.8 Å². The Hall–Kier alpha value is -1.55. The second-order valence-corrected chi connectivity index (χ2v) is 4.96. The van der Waals surface area contributed by atoms with Crippen molar-refractivity contribution in [3.8, 4) is 5.75 Å². The molecule has 1 unspecified atom stereocenters. The van der Waals surface area contributed by atoms with Gasteiger partial charge in [0.2, 0.25) is 5.91 Å². The van der Waals surface area contributed by atoms with Gasteiger partial charge in [-0.25, -0.2) is 0 Å². The van der Waals surface area contributed by atoms with Gasteiger partial charge < -0.3 is 15.8 Å². The molecule has 1 rings (SSSR count). The maximum atomic E-state index is 11.9. The van der Waals surface area contributed by atoms with Crippen molar-refractivity contribution in [2.45, 2.75) is 33.7 Å². The molecule has 0 saturated carbocycles.